The fraction of sp³-hybridized carbons (Fsp3) is 0.417. The van der Waals surface area contributed by atoms with E-state index in [2.05, 4.69) is 0 Å². The summed E-state index contributed by atoms with van der Waals surface area (Å²) in [6.07, 6.45) is -0.262. The van der Waals surface area contributed by atoms with Gasteiger partial charge in [0.2, 0.25) is 0 Å². The van der Waals surface area contributed by atoms with E-state index in [1.807, 2.05) is 31.2 Å². The lowest BCUT2D eigenvalue weighted by Crippen LogP contribution is -2.51. The normalized spacial score (nSPS) is 16.1. The van der Waals surface area contributed by atoms with E-state index >= 15 is 0 Å². The summed E-state index contributed by atoms with van der Waals surface area (Å²) in [5, 5.41) is 0. The van der Waals surface area contributed by atoms with Crippen LogP contribution in [0.1, 0.15) is 26.3 Å². The molecule has 0 radical (unpaired) electrons. The molecule has 2 aromatic rings. The first-order chi connectivity index (χ1) is 15.0. The quantitative estimate of drug-likeness (QED) is 0.649. The molecule has 1 fully saturated rings. The van der Waals surface area contributed by atoms with E-state index in [0.29, 0.717) is 56.3 Å². The Bertz CT molecular complexity index is 867. The molecule has 0 aromatic heterocycles. The Hall–Kier alpha value is -2.90. The first-order valence-corrected chi connectivity index (χ1v) is 10.4. The van der Waals surface area contributed by atoms with Crippen LogP contribution >= 0.6 is 0 Å². The highest BCUT2D eigenvalue weighted by Gasteiger charge is 2.28. The van der Waals surface area contributed by atoms with Gasteiger partial charge in [-0.25, -0.2) is 0 Å². The highest BCUT2D eigenvalue weighted by Crippen LogP contribution is 2.16. The Kier molecular flexibility index (Phi) is 8.03. The van der Waals surface area contributed by atoms with Crippen LogP contribution in [-0.2, 0) is 9.47 Å². The summed E-state index contributed by atoms with van der Waals surface area (Å²) in [6, 6.07) is 14.6. The van der Waals surface area contributed by atoms with Crippen molar-refractivity contribution in [3.05, 3.63) is 65.2 Å². The molecule has 1 saturated heterocycles. The van der Waals surface area contributed by atoms with E-state index in [4.69, 9.17) is 14.2 Å². The number of rotatable bonds is 8. The number of carbonyl (C=O) groups is 2. The lowest BCUT2D eigenvalue weighted by atomic mass is 10.1. The van der Waals surface area contributed by atoms with Gasteiger partial charge in [0.25, 0.3) is 11.8 Å². The largest absolute Gasteiger partial charge is 0.497 e. The molecule has 0 spiro atoms. The Morgan fingerprint density at radius 1 is 1.06 bits per heavy atom. The molecule has 1 unspecified atom stereocenters. The topological polar surface area (TPSA) is 68.3 Å². The van der Waals surface area contributed by atoms with Crippen molar-refractivity contribution >= 4 is 11.8 Å². The van der Waals surface area contributed by atoms with Crippen molar-refractivity contribution in [2.45, 2.75) is 13.0 Å². The van der Waals surface area contributed by atoms with Crippen LogP contribution in [0.4, 0.5) is 0 Å². The molecule has 7 heteroatoms. The molecule has 2 aromatic carbocycles. The number of hydrogen-bond donors (Lipinski definition) is 0. The van der Waals surface area contributed by atoms with Gasteiger partial charge in [-0.3, -0.25) is 9.59 Å². The average molecular weight is 427 g/mol. The van der Waals surface area contributed by atoms with E-state index in [1.54, 1.807) is 48.3 Å². The van der Waals surface area contributed by atoms with E-state index in [9.17, 15) is 9.59 Å². The number of methoxy groups -OCH3 is 2. The molecule has 31 heavy (non-hydrogen) atoms. The third kappa shape index (κ3) is 6.06. The van der Waals surface area contributed by atoms with Gasteiger partial charge in [0.05, 0.1) is 26.4 Å². The Balaban J connectivity index is 1.67. The van der Waals surface area contributed by atoms with Gasteiger partial charge in [-0.15, -0.1) is 0 Å². The molecule has 1 heterocycles. The number of benzene rings is 2. The maximum absolute atomic E-state index is 13.1. The highest BCUT2D eigenvalue weighted by atomic mass is 16.5. The van der Waals surface area contributed by atoms with Crippen LogP contribution in [0.25, 0.3) is 0 Å². The van der Waals surface area contributed by atoms with Gasteiger partial charge in [-0.05, 0) is 43.3 Å². The molecule has 0 saturated carbocycles. The third-order valence-electron chi connectivity index (χ3n) is 5.34. The molecule has 166 valence electrons. The number of carbonyl (C=O) groups excluding carboxylic acids is 2. The fourth-order valence-electron chi connectivity index (χ4n) is 3.53. The van der Waals surface area contributed by atoms with Gasteiger partial charge in [0, 0.05) is 44.4 Å². The number of aryl methyl sites for hydroxylation is 1. The van der Waals surface area contributed by atoms with Crippen LogP contribution in [0, 0.1) is 6.92 Å². The van der Waals surface area contributed by atoms with Crippen LogP contribution in [-0.4, -0.2) is 81.3 Å². The van der Waals surface area contributed by atoms with Crippen molar-refractivity contribution < 1.29 is 23.8 Å². The van der Waals surface area contributed by atoms with Crippen molar-refractivity contribution in [3.63, 3.8) is 0 Å². The molecule has 7 nitrogen and oxygen atoms in total. The SMILES string of the molecule is COCCN(CC1CN(C(=O)c2ccc(C)cc2)CCO1)C(=O)c1ccc(OC)cc1. The monoisotopic (exact) mass is 426 g/mol. The number of ether oxygens (including phenoxy) is 3. The van der Waals surface area contributed by atoms with Crippen LogP contribution in [0.3, 0.4) is 0 Å². The maximum Gasteiger partial charge on any atom is 0.254 e. The summed E-state index contributed by atoms with van der Waals surface area (Å²) in [7, 11) is 3.20. The maximum atomic E-state index is 13.1. The van der Waals surface area contributed by atoms with E-state index in [1.165, 1.54) is 0 Å². The molecule has 1 aliphatic heterocycles. The van der Waals surface area contributed by atoms with Gasteiger partial charge in [-0.1, -0.05) is 17.7 Å². The zero-order valence-electron chi connectivity index (χ0n) is 18.4. The summed E-state index contributed by atoms with van der Waals surface area (Å²) in [5.41, 5.74) is 2.35. The standard InChI is InChI=1S/C24H30N2O5/c1-18-4-6-19(7-5-18)23(27)26-13-15-31-22(17-26)16-25(12-14-29-2)24(28)20-8-10-21(30-3)11-9-20/h4-11,22H,12-17H2,1-3H3. The Morgan fingerprint density at radius 2 is 1.74 bits per heavy atom. The second-order valence-corrected chi connectivity index (χ2v) is 7.58. The number of hydrogen-bond acceptors (Lipinski definition) is 5. The summed E-state index contributed by atoms with van der Waals surface area (Å²) in [6.45, 7) is 4.64. The molecule has 0 N–H and O–H groups in total. The molecule has 0 aliphatic carbocycles. The zero-order valence-corrected chi connectivity index (χ0v) is 18.4. The van der Waals surface area contributed by atoms with Crippen LogP contribution in [0.5, 0.6) is 5.75 Å². The van der Waals surface area contributed by atoms with Gasteiger partial charge >= 0.3 is 0 Å². The highest BCUT2D eigenvalue weighted by molar-refractivity contribution is 5.95. The summed E-state index contributed by atoms with van der Waals surface area (Å²) in [5.74, 6) is 0.573. The molecule has 2 amide bonds. The van der Waals surface area contributed by atoms with Gasteiger partial charge < -0.3 is 24.0 Å². The fourth-order valence-corrected chi connectivity index (χ4v) is 3.53. The van der Waals surface area contributed by atoms with Crippen molar-refractivity contribution in [1.29, 1.82) is 0 Å². The van der Waals surface area contributed by atoms with Crippen molar-refractivity contribution in [2.24, 2.45) is 0 Å². The second kappa shape index (κ2) is 10.9. The first-order valence-electron chi connectivity index (χ1n) is 10.4. The molecule has 3 rings (SSSR count). The minimum Gasteiger partial charge on any atom is -0.497 e. The molecular formula is C24H30N2O5. The molecule has 1 atom stereocenters. The minimum absolute atomic E-state index is 0.0155. The second-order valence-electron chi connectivity index (χ2n) is 7.58. The van der Waals surface area contributed by atoms with Gasteiger partial charge in [-0.2, -0.15) is 0 Å². The number of morpholine rings is 1. The van der Waals surface area contributed by atoms with Crippen molar-refractivity contribution in [2.75, 3.05) is 53.6 Å². The number of nitrogens with zero attached hydrogens (tertiary/aromatic N) is 2. The Labute approximate surface area is 183 Å². The first kappa shape index (κ1) is 22.8. The summed E-state index contributed by atoms with van der Waals surface area (Å²) >= 11 is 0. The van der Waals surface area contributed by atoms with Crippen molar-refractivity contribution in [3.8, 4) is 5.75 Å². The minimum atomic E-state index is -0.262. The lowest BCUT2D eigenvalue weighted by molar-refractivity contribution is -0.0346. The molecule has 0 bridgehead atoms. The van der Waals surface area contributed by atoms with Crippen molar-refractivity contribution in [1.82, 2.24) is 9.80 Å². The van der Waals surface area contributed by atoms with Crippen LogP contribution in [0.2, 0.25) is 0 Å². The zero-order chi connectivity index (χ0) is 22.2. The van der Waals surface area contributed by atoms with Crippen LogP contribution in [0.15, 0.2) is 48.5 Å². The van der Waals surface area contributed by atoms with Gasteiger partial charge in [0.1, 0.15) is 5.75 Å². The Morgan fingerprint density at radius 3 is 2.39 bits per heavy atom. The summed E-state index contributed by atoms with van der Waals surface area (Å²) < 4.78 is 16.3. The van der Waals surface area contributed by atoms with E-state index < -0.39 is 0 Å². The smallest absolute Gasteiger partial charge is 0.254 e. The van der Waals surface area contributed by atoms with E-state index in [-0.39, 0.29) is 17.9 Å². The van der Waals surface area contributed by atoms with Gasteiger partial charge in [0.15, 0.2) is 0 Å². The van der Waals surface area contributed by atoms with E-state index in [0.717, 1.165) is 5.56 Å². The lowest BCUT2D eigenvalue weighted by Gasteiger charge is -2.36. The molecular weight excluding hydrogens is 396 g/mol. The third-order valence-corrected chi connectivity index (χ3v) is 5.34. The molecule has 1 aliphatic rings. The average Bonchev–Trinajstić information content (AvgIpc) is 2.81. The predicted octanol–water partition coefficient (Wildman–Crippen LogP) is 2.63. The summed E-state index contributed by atoms with van der Waals surface area (Å²) in [4.78, 5) is 29.5. The van der Waals surface area contributed by atoms with Crippen LogP contribution < -0.4 is 4.74 Å². The number of amides is 2. The predicted molar refractivity (Wildman–Crippen MR) is 118 cm³/mol.